The summed E-state index contributed by atoms with van der Waals surface area (Å²) in [6.07, 6.45) is 2.20. The molecular formula is C12H22N4O3. The summed E-state index contributed by atoms with van der Waals surface area (Å²) in [6.45, 7) is 6.31. The molecule has 0 spiro atoms. The fourth-order valence-electron chi connectivity index (χ4n) is 2.03. The Kier molecular flexibility index (Phi) is 5.75. The molecule has 1 atom stereocenters. The van der Waals surface area contributed by atoms with Gasteiger partial charge >= 0.3 is 5.69 Å². The maximum Gasteiger partial charge on any atom is 0.333 e. The van der Waals surface area contributed by atoms with E-state index in [1.807, 2.05) is 13.8 Å². The third-order valence-corrected chi connectivity index (χ3v) is 3.03. The largest absolute Gasteiger partial charge is 0.396 e. The molecule has 1 aromatic rings. The lowest BCUT2D eigenvalue weighted by Crippen LogP contribution is -2.22. The molecule has 7 heteroatoms. The molecule has 1 aromatic heterocycles. The van der Waals surface area contributed by atoms with Gasteiger partial charge in [-0.1, -0.05) is 13.8 Å². The Morgan fingerprint density at radius 1 is 1.53 bits per heavy atom. The summed E-state index contributed by atoms with van der Waals surface area (Å²) in [5, 5.41) is 27.5. The van der Waals surface area contributed by atoms with Gasteiger partial charge in [-0.05, 0) is 26.2 Å². The van der Waals surface area contributed by atoms with E-state index in [1.165, 1.54) is 0 Å². The molecule has 0 aliphatic heterocycles. The Balaban J connectivity index is 3.09. The third kappa shape index (κ3) is 3.66. The first-order valence-corrected chi connectivity index (χ1v) is 6.64. The van der Waals surface area contributed by atoms with Gasteiger partial charge in [0.15, 0.2) is 0 Å². The number of aliphatic hydroxyl groups is 1. The van der Waals surface area contributed by atoms with Crippen LogP contribution in [0.3, 0.4) is 0 Å². The van der Waals surface area contributed by atoms with Crippen LogP contribution in [0.4, 0.5) is 11.5 Å². The molecule has 1 rings (SSSR count). The number of aliphatic hydroxyl groups excluding tert-OH is 1. The summed E-state index contributed by atoms with van der Waals surface area (Å²) in [5.74, 6) is 0.449. The van der Waals surface area contributed by atoms with Crippen LogP contribution in [0, 0.1) is 17.0 Å². The Bertz CT molecular complexity index is 431. The number of nitrogens with zero attached hydrogens (tertiary/aromatic N) is 3. The highest BCUT2D eigenvalue weighted by atomic mass is 16.6. The number of hydrogen-bond donors (Lipinski definition) is 2. The first kappa shape index (κ1) is 15.4. The summed E-state index contributed by atoms with van der Waals surface area (Å²) in [6, 6.07) is 0.00964. The number of aryl methyl sites for hydroxylation is 2. The summed E-state index contributed by atoms with van der Waals surface area (Å²) in [7, 11) is 0. The monoisotopic (exact) mass is 270 g/mol. The fourth-order valence-corrected chi connectivity index (χ4v) is 2.03. The van der Waals surface area contributed by atoms with Crippen molar-refractivity contribution in [3.8, 4) is 0 Å². The molecule has 0 amide bonds. The van der Waals surface area contributed by atoms with Crippen molar-refractivity contribution in [3.63, 3.8) is 0 Å². The molecule has 0 aliphatic rings. The minimum absolute atomic E-state index is 0.00964. The maximum atomic E-state index is 11.2. The molecule has 0 radical (unpaired) electrons. The summed E-state index contributed by atoms with van der Waals surface area (Å²) >= 11 is 0. The fraction of sp³-hybridized carbons (Fsp3) is 0.750. The van der Waals surface area contributed by atoms with E-state index in [9.17, 15) is 10.1 Å². The average Bonchev–Trinajstić information content (AvgIpc) is 2.65. The van der Waals surface area contributed by atoms with Gasteiger partial charge in [-0.2, -0.15) is 5.10 Å². The number of nitro groups is 1. The lowest BCUT2D eigenvalue weighted by molar-refractivity contribution is -0.384. The molecule has 1 unspecified atom stereocenters. The minimum Gasteiger partial charge on any atom is -0.396 e. The second kappa shape index (κ2) is 7.08. The molecule has 0 bridgehead atoms. The molecule has 0 fully saturated rings. The summed E-state index contributed by atoms with van der Waals surface area (Å²) in [5.41, 5.74) is 0.449. The quantitative estimate of drug-likeness (QED) is 0.557. The smallest absolute Gasteiger partial charge is 0.333 e. The first-order chi connectivity index (χ1) is 9.04. The predicted molar refractivity (Wildman–Crippen MR) is 73.3 cm³/mol. The molecule has 0 saturated carbocycles. The van der Waals surface area contributed by atoms with Crippen molar-refractivity contribution in [3.05, 3.63) is 15.8 Å². The van der Waals surface area contributed by atoms with Crippen molar-refractivity contribution in [2.24, 2.45) is 0 Å². The van der Waals surface area contributed by atoms with Gasteiger partial charge in [-0.15, -0.1) is 0 Å². The normalized spacial score (nSPS) is 12.4. The van der Waals surface area contributed by atoms with Crippen LogP contribution in [0.1, 0.15) is 38.8 Å². The maximum absolute atomic E-state index is 11.2. The molecule has 0 saturated heterocycles. The zero-order valence-corrected chi connectivity index (χ0v) is 11.7. The van der Waals surface area contributed by atoms with Gasteiger partial charge in [0.2, 0.25) is 5.82 Å². The zero-order chi connectivity index (χ0) is 14.4. The Morgan fingerprint density at radius 2 is 2.21 bits per heavy atom. The van der Waals surface area contributed by atoms with Crippen LogP contribution >= 0.6 is 0 Å². The Morgan fingerprint density at radius 3 is 2.68 bits per heavy atom. The van der Waals surface area contributed by atoms with E-state index < -0.39 is 4.92 Å². The van der Waals surface area contributed by atoms with Crippen LogP contribution in [0.15, 0.2) is 0 Å². The third-order valence-electron chi connectivity index (χ3n) is 3.03. The van der Waals surface area contributed by atoms with E-state index in [4.69, 9.17) is 5.11 Å². The molecule has 0 aromatic carbocycles. The molecule has 19 heavy (non-hydrogen) atoms. The second-order valence-corrected chi connectivity index (χ2v) is 4.52. The van der Waals surface area contributed by atoms with Crippen molar-refractivity contribution < 1.29 is 10.0 Å². The highest BCUT2D eigenvalue weighted by Gasteiger charge is 2.26. The highest BCUT2D eigenvalue weighted by Crippen LogP contribution is 2.29. The van der Waals surface area contributed by atoms with Crippen LogP contribution in [0.2, 0.25) is 0 Å². The van der Waals surface area contributed by atoms with E-state index in [0.717, 1.165) is 12.8 Å². The second-order valence-electron chi connectivity index (χ2n) is 4.52. The van der Waals surface area contributed by atoms with Gasteiger partial charge in [0.05, 0.1) is 4.92 Å². The number of hydrogen-bond acceptors (Lipinski definition) is 5. The minimum atomic E-state index is -0.400. The van der Waals surface area contributed by atoms with Crippen molar-refractivity contribution in [2.75, 3.05) is 11.9 Å². The number of rotatable bonds is 8. The number of anilines is 1. The zero-order valence-electron chi connectivity index (χ0n) is 11.7. The van der Waals surface area contributed by atoms with E-state index in [-0.39, 0.29) is 18.3 Å². The molecule has 0 aliphatic carbocycles. The Hall–Kier alpha value is -1.63. The van der Waals surface area contributed by atoms with Crippen LogP contribution in [-0.2, 0) is 6.54 Å². The first-order valence-electron chi connectivity index (χ1n) is 6.64. The van der Waals surface area contributed by atoms with E-state index >= 15 is 0 Å². The number of nitrogens with one attached hydrogen (secondary N) is 1. The lowest BCUT2D eigenvalue weighted by atomic mass is 10.1. The van der Waals surface area contributed by atoms with Crippen molar-refractivity contribution in [1.82, 2.24) is 9.78 Å². The van der Waals surface area contributed by atoms with E-state index in [1.54, 1.807) is 11.6 Å². The van der Waals surface area contributed by atoms with E-state index in [2.05, 4.69) is 10.4 Å². The predicted octanol–water partition coefficient (Wildman–Crippen LogP) is 2.08. The van der Waals surface area contributed by atoms with Crippen molar-refractivity contribution >= 4 is 11.5 Å². The van der Waals surface area contributed by atoms with Crippen molar-refractivity contribution in [1.29, 1.82) is 0 Å². The molecule has 2 N–H and O–H groups in total. The highest BCUT2D eigenvalue weighted by molar-refractivity contribution is 5.60. The van der Waals surface area contributed by atoms with Crippen LogP contribution in [0.25, 0.3) is 0 Å². The SMILES string of the molecule is CCCn1nc(C)c([N+](=O)[O-])c1NC(CC)CCO. The van der Waals surface area contributed by atoms with Crippen LogP contribution in [0.5, 0.6) is 0 Å². The standard InChI is InChI=1S/C12H22N4O3/c1-4-7-15-12(13-10(5-2)6-8-17)11(16(18)19)9(3)14-15/h10,13,17H,4-8H2,1-3H3. The van der Waals surface area contributed by atoms with Crippen LogP contribution in [-0.4, -0.2) is 32.5 Å². The Labute approximate surface area is 112 Å². The average molecular weight is 270 g/mol. The van der Waals surface area contributed by atoms with Gasteiger partial charge in [0, 0.05) is 19.2 Å². The van der Waals surface area contributed by atoms with Crippen LogP contribution < -0.4 is 5.32 Å². The summed E-state index contributed by atoms with van der Waals surface area (Å²) in [4.78, 5) is 10.8. The van der Waals surface area contributed by atoms with Gasteiger partial charge in [-0.3, -0.25) is 10.1 Å². The topological polar surface area (TPSA) is 93.2 Å². The molecule has 108 valence electrons. The van der Waals surface area contributed by atoms with Gasteiger partial charge in [0.1, 0.15) is 5.69 Å². The number of aromatic nitrogens is 2. The molecule has 1 heterocycles. The van der Waals surface area contributed by atoms with Crippen molar-refractivity contribution in [2.45, 2.75) is 52.6 Å². The van der Waals surface area contributed by atoms with Gasteiger partial charge in [-0.25, -0.2) is 4.68 Å². The van der Waals surface area contributed by atoms with E-state index in [0.29, 0.717) is 24.5 Å². The lowest BCUT2D eigenvalue weighted by Gasteiger charge is -2.17. The summed E-state index contributed by atoms with van der Waals surface area (Å²) < 4.78 is 1.65. The molecule has 7 nitrogen and oxygen atoms in total. The van der Waals surface area contributed by atoms with Gasteiger partial charge < -0.3 is 10.4 Å². The van der Waals surface area contributed by atoms with Gasteiger partial charge in [0.25, 0.3) is 0 Å². The molecular weight excluding hydrogens is 248 g/mol.